The van der Waals surface area contributed by atoms with Gasteiger partial charge in [0.05, 0.1) is 6.61 Å². The van der Waals surface area contributed by atoms with Crippen LogP contribution in [0.15, 0.2) is 77.7 Å². The van der Waals surface area contributed by atoms with Gasteiger partial charge in [-0.25, -0.2) is 18.5 Å². The number of aromatic nitrogens is 2. The number of anilines is 1. The van der Waals surface area contributed by atoms with Crippen molar-refractivity contribution in [2.45, 2.75) is 31.1 Å². The van der Waals surface area contributed by atoms with Gasteiger partial charge in [-0.3, -0.25) is 14.2 Å². The van der Waals surface area contributed by atoms with E-state index in [0.717, 1.165) is 10.1 Å². The Kier molecular flexibility index (Phi) is 10.2. The van der Waals surface area contributed by atoms with E-state index in [9.17, 15) is 43.4 Å². The molecule has 4 rings (SSSR count). The number of benzene rings is 2. The average molecular weight is 649 g/mol. The van der Waals surface area contributed by atoms with E-state index in [-0.39, 0.29) is 18.2 Å². The van der Waals surface area contributed by atoms with Gasteiger partial charge < -0.3 is 34.4 Å². The summed E-state index contributed by atoms with van der Waals surface area (Å²) in [5.41, 5.74) is -0.0613. The Labute approximate surface area is 237 Å². The lowest BCUT2D eigenvalue weighted by atomic mass is 10.1. The first kappa shape index (κ1) is 32.2. The largest absolute Gasteiger partial charge is 0.489 e. The van der Waals surface area contributed by atoms with Crippen LogP contribution in [0, 0.1) is 0 Å². The number of hydrogen-bond donors (Lipinski definition) is 6. The third kappa shape index (κ3) is 8.88. The van der Waals surface area contributed by atoms with Crippen molar-refractivity contribution in [2.75, 3.05) is 11.7 Å². The van der Waals surface area contributed by atoms with Crippen LogP contribution in [0.5, 0.6) is 5.88 Å². The molecular weight excluding hydrogens is 623 g/mol. The fourth-order valence-electron chi connectivity index (χ4n) is 3.67. The average Bonchev–Trinajstić information content (AvgIpc) is 3.19. The molecule has 3 aromatic rings. The maximum absolute atomic E-state index is 12.5. The lowest BCUT2D eigenvalue weighted by molar-refractivity contribution is -0.0543. The maximum atomic E-state index is 12.5. The smallest absolute Gasteiger partial charge is 0.473 e. The van der Waals surface area contributed by atoms with E-state index in [4.69, 9.17) is 9.47 Å². The third-order valence-corrected chi connectivity index (χ3v) is 9.89. The van der Waals surface area contributed by atoms with Crippen LogP contribution in [0.4, 0.5) is 5.69 Å². The first-order valence-corrected chi connectivity index (χ1v) is 16.5. The Bertz CT molecular complexity index is 1560. The Hall–Kier alpha value is -2.75. The van der Waals surface area contributed by atoms with Gasteiger partial charge in [0.25, 0.3) is 0 Å². The highest BCUT2D eigenvalue weighted by molar-refractivity contribution is 7.68. The number of nitrogens with one attached hydrogen (secondary N) is 1. The minimum absolute atomic E-state index is 0.0200. The van der Waals surface area contributed by atoms with Gasteiger partial charge in [0.15, 0.2) is 6.23 Å². The summed E-state index contributed by atoms with van der Waals surface area (Å²) in [6.45, 7) is -0.867. The van der Waals surface area contributed by atoms with Crippen LogP contribution in [0.1, 0.15) is 11.8 Å². The minimum Gasteiger partial charge on any atom is -0.473 e. The first-order valence-electron chi connectivity index (χ1n) is 11.9. The summed E-state index contributed by atoms with van der Waals surface area (Å²) in [4.78, 5) is 45.7. The van der Waals surface area contributed by atoms with Crippen molar-refractivity contribution in [3.8, 4) is 5.88 Å². The number of aliphatic hydroxyl groups excluding tert-OH is 2. The van der Waals surface area contributed by atoms with Crippen LogP contribution in [-0.2, 0) is 38.2 Å². The van der Waals surface area contributed by atoms with E-state index in [0.29, 0.717) is 0 Å². The lowest BCUT2D eigenvalue weighted by Gasteiger charge is -2.20. The summed E-state index contributed by atoms with van der Waals surface area (Å²) in [5, 5.41) is 22.7. The van der Waals surface area contributed by atoms with Gasteiger partial charge in [0, 0.05) is 18.0 Å². The second-order valence-electron chi connectivity index (χ2n) is 8.67. The number of aliphatic hydroxyl groups is 2. The highest BCUT2D eigenvalue weighted by atomic mass is 31.3. The van der Waals surface area contributed by atoms with Crippen LogP contribution in [0.25, 0.3) is 0 Å². The van der Waals surface area contributed by atoms with Crippen LogP contribution < -0.4 is 15.5 Å². The molecule has 0 amide bonds. The van der Waals surface area contributed by atoms with Crippen molar-refractivity contribution in [2.24, 2.45) is 0 Å². The zero-order valence-electron chi connectivity index (χ0n) is 21.3. The molecule has 1 aliphatic heterocycles. The fraction of sp³-hybridized carbons (Fsp3) is 0.273. The molecule has 1 saturated heterocycles. The molecule has 42 heavy (non-hydrogen) atoms. The minimum atomic E-state index is -5.69. The summed E-state index contributed by atoms with van der Waals surface area (Å²) in [5.74, 6) is -0.0200. The van der Waals surface area contributed by atoms with Gasteiger partial charge in [-0.1, -0.05) is 48.5 Å². The number of phosphoric ester groups is 1. The maximum Gasteiger partial charge on any atom is 0.489 e. The third-order valence-electron chi connectivity index (χ3n) is 5.51. The highest BCUT2D eigenvalue weighted by Crippen LogP contribution is 2.67. The summed E-state index contributed by atoms with van der Waals surface area (Å²) in [6.07, 6.45) is -5.36. The van der Waals surface area contributed by atoms with E-state index in [1.807, 2.05) is 35.4 Å². The Morgan fingerprint density at radius 2 is 1.52 bits per heavy atom. The number of nitrogens with zero attached hydrogens (tertiary/aromatic N) is 2. The molecule has 2 aromatic carbocycles. The molecule has 6 N–H and O–H groups in total. The van der Waals surface area contributed by atoms with Crippen LogP contribution in [-0.4, -0.2) is 59.4 Å². The molecule has 2 heterocycles. The number of phosphoric acid groups is 2. The van der Waals surface area contributed by atoms with E-state index in [1.54, 1.807) is 6.07 Å². The topological polar surface area (TPSA) is 245 Å². The van der Waals surface area contributed by atoms with E-state index in [2.05, 4.69) is 18.1 Å². The van der Waals surface area contributed by atoms with Crippen molar-refractivity contribution in [1.82, 2.24) is 9.55 Å². The van der Waals surface area contributed by atoms with Crippen molar-refractivity contribution >= 4 is 29.1 Å². The van der Waals surface area contributed by atoms with Gasteiger partial charge in [-0.15, -0.1) is 0 Å². The van der Waals surface area contributed by atoms with Crippen LogP contribution in [0.3, 0.4) is 0 Å². The highest BCUT2D eigenvalue weighted by Gasteiger charge is 2.47. The van der Waals surface area contributed by atoms with E-state index >= 15 is 0 Å². The van der Waals surface area contributed by atoms with Gasteiger partial charge in [-0.2, -0.15) is 13.6 Å². The lowest BCUT2D eigenvalue weighted by Crippen LogP contribution is -2.36. The molecule has 20 heteroatoms. The van der Waals surface area contributed by atoms with Crippen LogP contribution in [0.2, 0.25) is 0 Å². The molecule has 0 radical (unpaired) electrons. The molecule has 0 saturated carbocycles. The Morgan fingerprint density at radius 1 is 0.881 bits per heavy atom. The quantitative estimate of drug-likeness (QED) is 0.145. The van der Waals surface area contributed by atoms with Crippen molar-refractivity contribution < 1.29 is 61.2 Å². The van der Waals surface area contributed by atoms with Crippen LogP contribution >= 0.6 is 23.4 Å². The van der Waals surface area contributed by atoms with Gasteiger partial charge >= 0.3 is 29.1 Å². The van der Waals surface area contributed by atoms with Crippen molar-refractivity contribution in [3.63, 3.8) is 0 Å². The number of rotatable bonds is 13. The second-order valence-corrected chi connectivity index (χ2v) is 13.4. The summed E-state index contributed by atoms with van der Waals surface area (Å²) in [6, 6.07) is 17.6. The van der Waals surface area contributed by atoms with E-state index in [1.165, 1.54) is 36.5 Å². The summed E-state index contributed by atoms with van der Waals surface area (Å²) >= 11 is 0. The molecule has 0 aliphatic carbocycles. The molecular formula is C22H26N3O14P3. The molecule has 0 spiro atoms. The number of ether oxygens (including phenoxy) is 2. The normalized spacial score (nSPS) is 24.7. The molecule has 7 atom stereocenters. The van der Waals surface area contributed by atoms with Gasteiger partial charge in [0.2, 0.25) is 5.88 Å². The fourth-order valence-corrected chi connectivity index (χ4v) is 7.38. The Balaban J connectivity index is 1.33. The SMILES string of the molecule is O=c1nc(OCc2ccccc2)ccn1[C@@H]1O[C@H](COP(=O)(O)OP(=O)(O)OP(=O)(O)Nc2ccccc2)[C@H](O)C1O. The molecule has 1 fully saturated rings. The zero-order valence-corrected chi connectivity index (χ0v) is 24.0. The van der Waals surface area contributed by atoms with Crippen molar-refractivity contribution in [1.29, 1.82) is 0 Å². The molecule has 17 nitrogen and oxygen atoms in total. The molecule has 1 aromatic heterocycles. The van der Waals surface area contributed by atoms with Gasteiger partial charge in [-0.05, 0) is 17.7 Å². The second kappa shape index (κ2) is 13.3. The number of hydrogen-bond acceptors (Lipinski definition) is 12. The van der Waals surface area contributed by atoms with Gasteiger partial charge in [0.1, 0.15) is 24.9 Å². The Morgan fingerprint density at radius 3 is 2.17 bits per heavy atom. The predicted octanol–water partition coefficient (Wildman–Crippen LogP) is 1.90. The van der Waals surface area contributed by atoms with E-state index < -0.39 is 60.2 Å². The molecule has 4 unspecified atom stereocenters. The number of para-hydroxylation sites is 1. The summed E-state index contributed by atoms with van der Waals surface area (Å²) < 4.78 is 61.0. The summed E-state index contributed by atoms with van der Waals surface area (Å²) in [7, 11) is -16.3. The molecule has 1 aliphatic rings. The van der Waals surface area contributed by atoms with Crippen molar-refractivity contribution in [3.05, 3.63) is 89.0 Å². The predicted molar refractivity (Wildman–Crippen MR) is 143 cm³/mol. The standard InChI is InChI=1S/C22H26N3O14P3/c26-19-17(14-36-41(31,32)39-42(33,34)38-40(29,30)24-16-9-5-2-6-10-16)37-21(20(19)27)25-12-11-18(23-22(25)28)35-13-15-7-3-1-4-8-15/h1-12,17,19-21,26-27H,13-14H2,(H,31,32)(H,33,34)(H2,24,29,30)/t17-,19+,20?,21-/m1/s1. The molecule has 0 bridgehead atoms. The molecule has 228 valence electrons. The zero-order chi connectivity index (χ0) is 30.5. The first-order chi connectivity index (χ1) is 19.7. The monoisotopic (exact) mass is 649 g/mol.